The zero-order chi connectivity index (χ0) is 23.8. The van der Waals surface area contributed by atoms with Crippen LogP contribution in [0.5, 0.6) is 17.2 Å². The van der Waals surface area contributed by atoms with Crippen molar-refractivity contribution in [2.75, 3.05) is 26.8 Å². The van der Waals surface area contributed by atoms with Crippen molar-refractivity contribution in [1.29, 1.82) is 0 Å². The van der Waals surface area contributed by atoms with Crippen LogP contribution in [0.2, 0.25) is 0 Å². The second kappa shape index (κ2) is 8.73. The molecule has 1 amide bonds. The molecule has 4 rings (SSSR count). The van der Waals surface area contributed by atoms with Gasteiger partial charge in [0.05, 0.1) is 19.1 Å². The fourth-order valence-corrected chi connectivity index (χ4v) is 4.63. The summed E-state index contributed by atoms with van der Waals surface area (Å²) in [7, 11) is 1.58. The number of fused-ring (bicyclic) bond motifs is 1. The summed E-state index contributed by atoms with van der Waals surface area (Å²) in [5, 5.41) is 0. The Bertz CT molecular complexity index is 1060. The SMILES string of the molecule is COc1ccc2c(c1)C(=O)CC1(CCN(C(=O)COc3ccc(C)cc3C(C)(C)C)CC1)O2. The van der Waals surface area contributed by atoms with Crippen molar-refractivity contribution in [3.8, 4) is 17.2 Å². The van der Waals surface area contributed by atoms with Gasteiger partial charge in [0.2, 0.25) is 0 Å². The lowest BCUT2D eigenvalue weighted by molar-refractivity contribution is -0.137. The number of piperidine rings is 1. The maximum Gasteiger partial charge on any atom is 0.260 e. The minimum absolute atomic E-state index is 0.00154. The third kappa shape index (κ3) is 4.85. The number of hydrogen-bond acceptors (Lipinski definition) is 5. The Hall–Kier alpha value is -3.02. The van der Waals surface area contributed by atoms with Crippen LogP contribution >= 0.6 is 0 Å². The van der Waals surface area contributed by atoms with Crippen molar-refractivity contribution in [3.05, 3.63) is 53.1 Å². The molecule has 176 valence electrons. The summed E-state index contributed by atoms with van der Waals surface area (Å²) in [5.74, 6) is 2.02. The van der Waals surface area contributed by atoms with Gasteiger partial charge in [0.15, 0.2) is 12.4 Å². The minimum Gasteiger partial charge on any atom is -0.497 e. The Morgan fingerprint density at radius 3 is 2.52 bits per heavy atom. The predicted octanol–water partition coefficient (Wildman–Crippen LogP) is 4.71. The zero-order valence-electron chi connectivity index (χ0n) is 20.2. The zero-order valence-corrected chi connectivity index (χ0v) is 20.2. The summed E-state index contributed by atoms with van der Waals surface area (Å²) in [6.07, 6.45) is 1.56. The number of ketones is 1. The number of ether oxygens (including phenoxy) is 3. The third-order valence-electron chi connectivity index (χ3n) is 6.62. The van der Waals surface area contributed by atoms with Gasteiger partial charge in [0.1, 0.15) is 22.8 Å². The van der Waals surface area contributed by atoms with E-state index in [2.05, 4.69) is 33.8 Å². The maximum atomic E-state index is 12.9. The average molecular weight is 452 g/mol. The molecule has 6 heteroatoms. The Morgan fingerprint density at radius 2 is 1.85 bits per heavy atom. The number of likely N-dealkylation sites (tertiary alicyclic amines) is 1. The Kier molecular flexibility index (Phi) is 6.12. The monoisotopic (exact) mass is 451 g/mol. The molecule has 2 aliphatic rings. The molecule has 0 radical (unpaired) electrons. The molecule has 1 fully saturated rings. The first-order valence-corrected chi connectivity index (χ1v) is 11.5. The maximum absolute atomic E-state index is 12.9. The Balaban J connectivity index is 1.38. The highest BCUT2D eigenvalue weighted by molar-refractivity contribution is 6.00. The highest BCUT2D eigenvalue weighted by atomic mass is 16.5. The van der Waals surface area contributed by atoms with Crippen LogP contribution in [0.15, 0.2) is 36.4 Å². The topological polar surface area (TPSA) is 65.1 Å². The van der Waals surface area contributed by atoms with Gasteiger partial charge in [-0.3, -0.25) is 9.59 Å². The van der Waals surface area contributed by atoms with Gasteiger partial charge >= 0.3 is 0 Å². The van der Waals surface area contributed by atoms with Crippen molar-refractivity contribution in [2.24, 2.45) is 0 Å². The van der Waals surface area contributed by atoms with E-state index in [9.17, 15) is 9.59 Å². The van der Waals surface area contributed by atoms with E-state index in [-0.39, 0.29) is 23.7 Å². The second-order valence-electron chi connectivity index (χ2n) is 10.2. The van der Waals surface area contributed by atoms with Gasteiger partial charge in [0.25, 0.3) is 5.91 Å². The average Bonchev–Trinajstić information content (AvgIpc) is 2.77. The fourth-order valence-electron chi connectivity index (χ4n) is 4.63. The molecule has 0 aromatic heterocycles. The summed E-state index contributed by atoms with van der Waals surface area (Å²) in [6.45, 7) is 9.56. The van der Waals surface area contributed by atoms with Crippen molar-refractivity contribution >= 4 is 11.7 Å². The summed E-state index contributed by atoms with van der Waals surface area (Å²) >= 11 is 0. The number of nitrogens with zero attached hydrogens (tertiary/aromatic N) is 1. The van der Waals surface area contributed by atoms with Gasteiger partial charge < -0.3 is 19.1 Å². The van der Waals surface area contributed by atoms with Gasteiger partial charge in [0, 0.05) is 25.9 Å². The van der Waals surface area contributed by atoms with E-state index in [0.29, 0.717) is 49.4 Å². The van der Waals surface area contributed by atoms with Crippen LogP contribution in [0.4, 0.5) is 0 Å². The molecule has 2 aromatic carbocycles. The van der Waals surface area contributed by atoms with Gasteiger partial charge in [-0.1, -0.05) is 38.5 Å². The number of Topliss-reactive ketones (excluding diaryl/α,β-unsaturated/α-hetero) is 1. The number of rotatable bonds is 4. The normalized spacial score (nSPS) is 17.4. The van der Waals surface area contributed by atoms with Gasteiger partial charge in [-0.05, 0) is 42.2 Å². The smallest absolute Gasteiger partial charge is 0.260 e. The lowest BCUT2D eigenvalue weighted by Gasteiger charge is -2.44. The second-order valence-corrected chi connectivity index (χ2v) is 10.2. The molecule has 6 nitrogen and oxygen atoms in total. The lowest BCUT2D eigenvalue weighted by atomic mass is 9.82. The molecule has 2 heterocycles. The van der Waals surface area contributed by atoms with E-state index in [1.165, 1.54) is 5.56 Å². The van der Waals surface area contributed by atoms with Crippen LogP contribution < -0.4 is 14.2 Å². The highest BCUT2D eigenvalue weighted by Crippen LogP contribution is 2.40. The van der Waals surface area contributed by atoms with Crippen LogP contribution in [0.25, 0.3) is 0 Å². The van der Waals surface area contributed by atoms with Gasteiger partial charge in [-0.25, -0.2) is 0 Å². The molecule has 1 spiro atoms. The molecule has 0 unspecified atom stereocenters. The summed E-state index contributed by atoms with van der Waals surface area (Å²) in [4.78, 5) is 27.5. The lowest BCUT2D eigenvalue weighted by Crippen LogP contribution is -2.53. The van der Waals surface area contributed by atoms with Crippen molar-refractivity contribution in [2.45, 2.75) is 58.0 Å². The molecule has 2 aliphatic heterocycles. The Morgan fingerprint density at radius 1 is 1.12 bits per heavy atom. The molecule has 0 saturated carbocycles. The highest BCUT2D eigenvalue weighted by Gasteiger charge is 2.43. The Labute approximate surface area is 195 Å². The molecular formula is C27H33NO5. The van der Waals surface area contributed by atoms with Crippen molar-refractivity contribution < 1.29 is 23.8 Å². The fraction of sp³-hybridized carbons (Fsp3) is 0.481. The standard InChI is InChI=1S/C27H33NO5/c1-18-6-8-24(21(14-18)26(2,3)4)32-17-25(30)28-12-10-27(11-13-28)16-22(29)20-15-19(31-5)7-9-23(20)33-27/h6-9,14-15H,10-13,16-17H2,1-5H3. The third-order valence-corrected chi connectivity index (χ3v) is 6.62. The van der Waals surface area contributed by atoms with E-state index in [0.717, 1.165) is 11.3 Å². The number of hydrogen-bond donors (Lipinski definition) is 0. The largest absolute Gasteiger partial charge is 0.497 e. The first-order valence-electron chi connectivity index (χ1n) is 11.5. The number of amides is 1. The van der Waals surface area contributed by atoms with Crippen LogP contribution in [0.3, 0.4) is 0 Å². The summed E-state index contributed by atoms with van der Waals surface area (Å²) in [5.41, 5.74) is 2.21. The molecule has 0 atom stereocenters. The molecule has 2 aromatic rings. The van der Waals surface area contributed by atoms with Gasteiger partial charge in [-0.15, -0.1) is 0 Å². The summed E-state index contributed by atoms with van der Waals surface area (Å²) < 4.78 is 17.5. The molecule has 33 heavy (non-hydrogen) atoms. The van der Waals surface area contributed by atoms with E-state index < -0.39 is 5.60 Å². The number of aryl methyl sites for hydroxylation is 1. The molecule has 0 aliphatic carbocycles. The molecule has 1 saturated heterocycles. The molecule has 0 N–H and O–H groups in total. The van der Waals surface area contributed by atoms with Crippen molar-refractivity contribution in [1.82, 2.24) is 4.90 Å². The van der Waals surface area contributed by atoms with E-state index in [4.69, 9.17) is 14.2 Å². The quantitative estimate of drug-likeness (QED) is 0.674. The minimum atomic E-state index is -0.549. The van der Waals surface area contributed by atoms with E-state index >= 15 is 0 Å². The number of carbonyl (C=O) groups is 2. The number of carbonyl (C=O) groups excluding carboxylic acids is 2. The van der Waals surface area contributed by atoms with Crippen LogP contribution in [0, 0.1) is 6.92 Å². The van der Waals surface area contributed by atoms with E-state index in [1.807, 2.05) is 17.0 Å². The number of methoxy groups -OCH3 is 1. The first kappa shape index (κ1) is 23.1. The van der Waals surface area contributed by atoms with Gasteiger partial charge in [-0.2, -0.15) is 0 Å². The predicted molar refractivity (Wildman–Crippen MR) is 126 cm³/mol. The first-order chi connectivity index (χ1) is 15.6. The van der Waals surface area contributed by atoms with Crippen LogP contribution in [-0.2, 0) is 10.2 Å². The summed E-state index contributed by atoms with van der Waals surface area (Å²) in [6, 6.07) is 11.4. The van der Waals surface area contributed by atoms with Crippen LogP contribution in [0.1, 0.15) is 61.5 Å². The van der Waals surface area contributed by atoms with E-state index in [1.54, 1.807) is 25.3 Å². The van der Waals surface area contributed by atoms with Crippen molar-refractivity contribution in [3.63, 3.8) is 0 Å². The van der Waals surface area contributed by atoms with Crippen LogP contribution in [-0.4, -0.2) is 49.0 Å². The molecular weight excluding hydrogens is 418 g/mol. The number of benzene rings is 2. The molecule has 0 bridgehead atoms.